The van der Waals surface area contributed by atoms with Crippen molar-refractivity contribution in [1.29, 1.82) is 0 Å². The molecule has 0 N–H and O–H groups in total. The molecule has 4 aromatic rings. The van der Waals surface area contributed by atoms with Gasteiger partial charge in [0.1, 0.15) is 42.0 Å². The SMILES string of the molecule is CC.CCC.CCCC.c1ccc(OCCCCCOCc2ccon2)cc1.c1ccc(OCCOCCOCc2ccon2)cc1. The zero-order valence-electron chi connectivity index (χ0n) is 29.7. The van der Waals surface area contributed by atoms with Crippen molar-refractivity contribution in [2.45, 2.75) is 93.3 Å². The molecule has 0 bridgehead atoms. The van der Waals surface area contributed by atoms with Crippen LogP contribution in [-0.2, 0) is 27.4 Å². The van der Waals surface area contributed by atoms with Crippen LogP contribution >= 0.6 is 0 Å². The third kappa shape index (κ3) is 28.3. The van der Waals surface area contributed by atoms with Gasteiger partial charge in [-0.1, -0.05) is 108 Å². The highest BCUT2D eigenvalue weighted by molar-refractivity contribution is 5.21. The van der Waals surface area contributed by atoms with Gasteiger partial charge in [0.2, 0.25) is 0 Å². The average Bonchev–Trinajstić information content (AvgIpc) is 3.85. The molecule has 47 heavy (non-hydrogen) atoms. The topological polar surface area (TPSA) is 98.2 Å². The zero-order valence-corrected chi connectivity index (χ0v) is 29.7. The van der Waals surface area contributed by atoms with Crippen molar-refractivity contribution in [2.75, 3.05) is 39.6 Å². The molecule has 0 aliphatic carbocycles. The predicted molar refractivity (Wildman–Crippen MR) is 189 cm³/mol. The van der Waals surface area contributed by atoms with E-state index in [9.17, 15) is 0 Å². The minimum atomic E-state index is 0.445. The third-order valence-electron chi connectivity index (χ3n) is 5.54. The number of unbranched alkanes of at least 4 members (excludes halogenated alkanes) is 3. The van der Waals surface area contributed by atoms with Gasteiger partial charge < -0.3 is 32.7 Å². The first kappa shape index (κ1) is 43.3. The first-order chi connectivity index (χ1) is 23.2. The molecule has 0 fully saturated rings. The number of ether oxygens (including phenoxy) is 5. The van der Waals surface area contributed by atoms with Crippen LogP contribution < -0.4 is 9.47 Å². The molecule has 0 radical (unpaired) electrons. The number of benzene rings is 2. The predicted octanol–water partition coefficient (Wildman–Crippen LogP) is 9.98. The smallest absolute Gasteiger partial charge is 0.124 e. The van der Waals surface area contributed by atoms with E-state index in [0.29, 0.717) is 39.6 Å². The molecule has 2 aromatic carbocycles. The fourth-order valence-corrected chi connectivity index (χ4v) is 3.12. The van der Waals surface area contributed by atoms with Crippen molar-refractivity contribution in [3.63, 3.8) is 0 Å². The Kier molecular flexibility index (Phi) is 32.5. The Morgan fingerprint density at radius 1 is 0.489 bits per heavy atom. The first-order valence-electron chi connectivity index (χ1n) is 17.1. The van der Waals surface area contributed by atoms with Crippen molar-refractivity contribution >= 4 is 0 Å². The molecule has 9 nitrogen and oxygen atoms in total. The summed E-state index contributed by atoms with van der Waals surface area (Å²) in [5.74, 6) is 1.79. The molecule has 9 heteroatoms. The van der Waals surface area contributed by atoms with Gasteiger partial charge in [-0.3, -0.25) is 0 Å². The monoisotopic (exact) mass is 656 g/mol. The Labute approximate surface area is 283 Å². The maximum absolute atomic E-state index is 5.61. The number of para-hydroxylation sites is 2. The normalized spacial score (nSPS) is 9.66. The fraction of sp³-hybridized carbons (Fsp3) is 0.526. The lowest BCUT2D eigenvalue weighted by Crippen LogP contribution is -2.10. The summed E-state index contributed by atoms with van der Waals surface area (Å²) in [4.78, 5) is 0. The second kappa shape index (κ2) is 35.2. The molecule has 0 saturated heterocycles. The summed E-state index contributed by atoms with van der Waals surface area (Å²) in [7, 11) is 0. The van der Waals surface area contributed by atoms with Crippen molar-refractivity contribution < 1.29 is 32.7 Å². The van der Waals surface area contributed by atoms with Crippen LogP contribution in [0.25, 0.3) is 0 Å². The molecular weight excluding hydrogens is 596 g/mol. The zero-order chi connectivity index (χ0) is 34.5. The quantitative estimate of drug-likeness (QED) is 0.0913. The van der Waals surface area contributed by atoms with Gasteiger partial charge in [0.25, 0.3) is 0 Å². The second-order valence-electron chi connectivity index (χ2n) is 9.79. The number of hydrogen-bond donors (Lipinski definition) is 0. The molecule has 0 atom stereocenters. The number of nitrogens with zero attached hydrogens (tertiary/aromatic N) is 2. The summed E-state index contributed by atoms with van der Waals surface area (Å²) in [5, 5.41) is 7.51. The number of aromatic nitrogens is 2. The van der Waals surface area contributed by atoms with E-state index < -0.39 is 0 Å². The fourth-order valence-electron chi connectivity index (χ4n) is 3.12. The van der Waals surface area contributed by atoms with Gasteiger partial charge in [-0.2, -0.15) is 0 Å². The largest absolute Gasteiger partial charge is 0.494 e. The molecule has 0 spiro atoms. The highest BCUT2D eigenvalue weighted by Gasteiger charge is 1.98. The molecule has 2 aromatic heterocycles. The van der Waals surface area contributed by atoms with Crippen molar-refractivity contribution in [2.24, 2.45) is 0 Å². The number of hydrogen-bond acceptors (Lipinski definition) is 9. The standard InChI is InChI=1S/C15H19NO3.C14H17NO4.C4H10.C3H8.C2H6/c1-3-7-15(8-4-1)18-11-6-2-5-10-17-13-14-9-12-19-16-14;1-2-4-14(5-3-1)18-11-10-16-8-9-17-12-13-6-7-19-15-13;1-3-4-2;1-3-2;1-2/h1,3-4,7-9,12H,2,5-6,10-11,13H2;1-7H,8-12H2;3-4H2,1-2H3;3H2,1-2H3;1-2H3. The van der Waals surface area contributed by atoms with Crippen LogP contribution in [0.1, 0.15) is 91.5 Å². The lowest BCUT2D eigenvalue weighted by Gasteiger charge is -2.07. The van der Waals surface area contributed by atoms with Gasteiger partial charge in [0.05, 0.1) is 39.6 Å². The first-order valence-corrected chi connectivity index (χ1v) is 17.1. The van der Waals surface area contributed by atoms with Gasteiger partial charge in [0.15, 0.2) is 0 Å². The van der Waals surface area contributed by atoms with Gasteiger partial charge in [-0.15, -0.1) is 0 Å². The lowest BCUT2D eigenvalue weighted by molar-refractivity contribution is 0.0288. The van der Waals surface area contributed by atoms with Crippen LogP contribution in [0.2, 0.25) is 0 Å². The van der Waals surface area contributed by atoms with Crippen molar-refractivity contribution in [3.8, 4) is 11.5 Å². The molecule has 4 rings (SSSR count). The summed E-state index contributed by atoms with van der Waals surface area (Å²) in [6, 6.07) is 23.1. The van der Waals surface area contributed by atoms with E-state index in [-0.39, 0.29) is 0 Å². The minimum Gasteiger partial charge on any atom is -0.494 e. The highest BCUT2D eigenvalue weighted by Crippen LogP contribution is 2.10. The van der Waals surface area contributed by atoms with Crippen LogP contribution in [0, 0.1) is 0 Å². The van der Waals surface area contributed by atoms with Gasteiger partial charge in [-0.05, 0) is 43.5 Å². The molecule has 0 aliphatic rings. The molecule has 0 aliphatic heterocycles. The minimum absolute atomic E-state index is 0.445. The third-order valence-corrected chi connectivity index (χ3v) is 5.54. The second-order valence-corrected chi connectivity index (χ2v) is 9.79. The molecule has 264 valence electrons. The van der Waals surface area contributed by atoms with E-state index in [1.807, 2.05) is 80.6 Å². The van der Waals surface area contributed by atoms with E-state index in [2.05, 4.69) is 42.5 Å². The lowest BCUT2D eigenvalue weighted by atomic mass is 10.2. The molecular formula is C38H60N2O7. The van der Waals surface area contributed by atoms with Crippen LogP contribution in [0.5, 0.6) is 11.5 Å². The maximum Gasteiger partial charge on any atom is 0.124 e. The Morgan fingerprint density at radius 3 is 1.38 bits per heavy atom. The van der Waals surface area contributed by atoms with Crippen LogP contribution in [-0.4, -0.2) is 50.0 Å². The average molecular weight is 657 g/mol. The summed E-state index contributed by atoms with van der Waals surface area (Å²) >= 11 is 0. The van der Waals surface area contributed by atoms with Gasteiger partial charge in [-0.25, -0.2) is 0 Å². The van der Waals surface area contributed by atoms with Crippen molar-refractivity contribution in [1.82, 2.24) is 10.3 Å². The Hall–Kier alpha value is -3.66. The van der Waals surface area contributed by atoms with Crippen molar-refractivity contribution in [3.05, 3.63) is 96.7 Å². The summed E-state index contributed by atoms with van der Waals surface area (Å²) in [6.07, 6.45) is 10.2. The van der Waals surface area contributed by atoms with Crippen LogP contribution in [0.4, 0.5) is 0 Å². The van der Waals surface area contributed by atoms with Gasteiger partial charge in [0, 0.05) is 18.7 Å². The van der Waals surface area contributed by atoms with Crippen LogP contribution in [0.15, 0.2) is 94.4 Å². The summed E-state index contributed by atoms with van der Waals surface area (Å²) in [6.45, 7) is 17.2. The Bertz CT molecular complexity index is 992. The highest BCUT2D eigenvalue weighted by atomic mass is 16.5. The van der Waals surface area contributed by atoms with Gasteiger partial charge >= 0.3 is 0 Å². The molecule has 0 amide bonds. The maximum atomic E-state index is 5.61. The van der Waals surface area contributed by atoms with E-state index in [4.69, 9.17) is 28.2 Å². The van der Waals surface area contributed by atoms with E-state index in [0.717, 1.165) is 55.4 Å². The van der Waals surface area contributed by atoms with E-state index in [1.165, 1.54) is 25.5 Å². The Balaban J connectivity index is 0.000000720. The summed E-state index contributed by atoms with van der Waals surface area (Å²) in [5.41, 5.74) is 1.62. The Morgan fingerprint density at radius 2 is 0.915 bits per heavy atom. The molecule has 2 heterocycles. The van der Waals surface area contributed by atoms with Crippen LogP contribution in [0.3, 0.4) is 0 Å². The molecule has 0 saturated carbocycles. The number of rotatable bonds is 19. The van der Waals surface area contributed by atoms with E-state index >= 15 is 0 Å². The molecule has 0 unspecified atom stereocenters. The van der Waals surface area contributed by atoms with E-state index in [1.54, 1.807) is 12.3 Å². The summed E-state index contributed by atoms with van der Waals surface area (Å²) < 4.78 is 36.7.